The van der Waals surface area contributed by atoms with E-state index in [0.29, 0.717) is 21.6 Å². The fourth-order valence-corrected chi connectivity index (χ4v) is 5.21. The van der Waals surface area contributed by atoms with Crippen LogP contribution in [0.5, 0.6) is 0 Å². The van der Waals surface area contributed by atoms with E-state index in [1.807, 2.05) is 54.6 Å². The minimum absolute atomic E-state index is 0.290. The molecule has 4 aromatic rings. The van der Waals surface area contributed by atoms with E-state index < -0.39 is 9.84 Å². The van der Waals surface area contributed by atoms with Crippen LogP contribution in [0.4, 0.5) is 5.82 Å². The minimum atomic E-state index is -3.38. The Morgan fingerprint density at radius 3 is 2.20 bits per heavy atom. The van der Waals surface area contributed by atoms with Crippen LogP contribution in [0.1, 0.15) is 0 Å². The predicted octanol–water partition coefficient (Wildman–Crippen LogP) is 3.94. The number of nitrogens with zero attached hydrogens (tertiary/aromatic N) is 1. The summed E-state index contributed by atoms with van der Waals surface area (Å²) in [4.78, 5) is 0.597. The molecule has 126 valence electrons. The Labute approximate surface area is 149 Å². The van der Waals surface area contributed by atoms with Crippen molar-refractivity contribution in [1.29, 1.82) is 0 Å². The van der Waals surface area contributed by atoms with Crippen molar-refractivity contribution in [1.82, 2.24) is 10.2 Å². The molecule has 4 rings (SSSR count). The van der Waals surface area contributed by atoms with Gasteiger partial charge in [0.25, 0.3) is 0 Å². The number of rotatable bonds is 3. The molecule has 0 radical (unpaired) electrons. The molecule has 5 nitrogen and oxygen atoms in total. The van der Waals surface area contributed by atoms with Gasteiger partial charge in [-0.3, -0.25) is 5.10 Å². The van der Waals surface area contributed by atoms with Crippen LogP contribution in [0.3, 0.4) is 0 Å². The molecule has 0 atom stereocenters. The highest BCUT2D eigenvalue weighted by molar-refractivity contribution is 7.93. The molecule has 0 aliphatic rings. The number of nitrogens with one attached hydrogen (secondary N) is 1. The van der Waals surface area contributed by atoms with Crippen LogP contribution in [0.25, 0.3) is 32.5 Å². The van der Waals surface area contributed by atoms with Crippen LogP contribution in [0.15, 0.2) is 58.8 Å². The maximum absolute atomic E-state index is 12.2. The van der Waals surface area contributed by atoms with E-state index in [9.17, 15) is 8.42 Å². The van der Waals surface area contributed by atoms with Crippen LogP contribution >= 0.6 is 11.3 Å². The zero-order valence-electron chi connectivity index (χ0n) is 13.4. The quantitative estimate of drug-likeness (QED) is 0.572. The first kappa shape index (κ1) is 15.9. The van der Waals surface area contributed by atoms with E-state index in [-0.39, 0.29) is 4.21 Å². The molecule has 2 aromatic carbocycles. The Bertz CT molecular complexity index is 1160. The highest BCUT2D eigenvalue weighted by atomic mass is 32.2. The van der Waals surface area contributed by atoms with E-state index in [1.54, 1.807) is 0 Å². The van der Waals surface area contributed by atoms with Gasteiger partial charge in [0.15, 0.2) is 9.84 Å². The Balaban J connectivity index is 1.91. The third-order valence-corrected chi connectivity index (χ3v) is 6.94. The van der Waals surface area contributed by atoms with Gasteiger partial charge in [0, 0.05) is 11.8 Å². The van der Waals surface area contributed by atoms with Crippen LogP contribution in [-0.4, -0.2) is 24.9 Å². The summed E-state index contributed by atoms with van der Waals surface area (Å²) in [6.45, 7) is 0. The maximum atomic E-state index is 12.2. The van der Waals surface area contributed by atoms with Crippen molar-refractivity contribution in [2.24, 2.45) is 0 Å². The van der Waals surface area contributed by atoms with Gasteiger partial charge < -0.3 is 5.73 Å². The molecule has 7 heteroatoms. The summed E-state index contributed by atoms with van der Waals surface area (Å²) in [7, 11) is -3.38. The lowest BCUT2D eigenvalue weighted by atomic mass is 10.0. The molecule has 0 amide bonds. The topological polar surface area (TPSA) is 88.8 Å². The van der Waals surface area contributed by atoms with Crippen LogP contribution in [-0.2, 0) is 9.84 Å². The van der Waals surface area contributed by atoms with Gasteiger partial charge in [-0.15, -0.1) is 11.3 Å². The number of benzene rings is 2. The fraction of sp³-hybridized carbons (Fsp3) is 0.0556. The molecule has 0 aliphatic carbocycles. The zero-order valence-corrected chi connectivity index (χ0v) is 15.0. The predicted molar refractivity (Wildman–Crippen MR) is 102 cm³/mol. The standard InChI is InChI=1S/C18H15N3O2S2/c1-25(22,23)18-14(15-16(19)20-21-17(15)24-18)13-9-7-12(8-10-13)11-5-3-2-4-6-11/h2-10H,1H3,(H3,19,20,21). The van der Waals surface area contributed by atoms with Crippen molar-refractivity contribution < 1.29 is 8.42 Å². The molecular weight excluding hydrogens is 354 g/mol. The number of fused-ring (bicyclic) bond motifs is 1. The number of sulfone groups is 1. The van der Waals surface area contributed by atoms with Crippen LogP contribution in [0, 0.1) is 0 Å². The maximum Gasteiger partial charge on any atom is 0.185 e. The van der Waals surface area contributed by atoms with E-state index in [2.05, 4.69) is 10.2 Å². The Morgan fingerprint density at radius 1 is 0.960 bits per heavy atom. The second-order valence-corrected chi connectivity index (χ2v) is 9.01. The minimum Gasteiger partial charge on any atom is -0.384 e. The molecular formula is C18H15N3O2S2. The number of anilines is 1. The van der Waals surface area contributed by atoms with E-state index >= 15 is 0 Å². The summed E-state index contributed by atoms with van der Waals surface area (Å²) < 4.78 is 24.7. The SMILES string of the molecule is CS(=O)(=O)c1sc2n[nH]c(N)c2c1-c1ccc(-c2ccccc2)cc1. The van der Waals surface area contributed by atoms with Gasteiger partial charge in [0.05, 0.1) is 5.39 Å². The monoisotopic (exact) mass is 369 g/mol. The molecule has 2 aromatic heterocycles. The number of thiophene rings is 1. The lowest BCUT2D eigenvalue weighted by Gasteiger charge is -2.06. The van der Waals surface area contributed by atoms with Crippen molar-refractivity contribution in [3.05, 3.63) is 54.6 Å². The lowest BCUT2D eigenvalue weighted by Crippen LogP contribution is -1.97. The second kappa shape index (κ2) is 5.72. The van der Waals surface area contributed by atoms with Crippen molar-refractivity contribution in [2.45, 2.75) is 4.21 Å². The Kier molecular flexibility index (Phi) is 3.63. The molecule has 0 unspecified atom stereocenters. The molecule has 0 spiro atoms. The molecule has 0 saturated carbocycles. The number of nitrogen functional groups attached to an aromatic ring is 1. The molecule has 0 saturated heterocycles. The summed E-state index contributed by atoms with van der Waals surface area (Å²) in [5, 5.41) is 7.50. The molecule has 25 heavy (non-hydrogen) atoms. The highest BCUT2D eigenvalue weighted by Crippen LogP contribution is 2.43. The Hall–Kier alpha value is -2.64. The smallest absolute Gasteiger partial charge is 0.185 e. The van der Waals surface area contributed by atoms with Crippen molar-refractivity contribution in [2.75, 3.05) is 12.0 Å². The fourth-order valence-electron chi connectivity index (χ4n) is 2.88. The van der Waals surface area contributed by atoms with Gasteiger partial charge >= 0.3 is 0 Å². The molecule has 0 bridgehead atoms. The van der Waals surface area contributed by atoms with Crippen LogP contribution in [0.2, 0.25) is 0 Å². The average molecular weight is 369 g/mol. The average Bonchev–Trinajstić information content (AvgIpc) is 3.16. The number of hydrogen-bond acceptors (Lipinski definition) is 5. The first-order chi connectivity index (χ1) is 11.9. The number of nitrogens with two attached hydrogens (primary N) is 1. The van der Waals surface area contributed by atoms with Crippen molar-refractivity contribution in [3.63, 3.8) is 0 Å². The van der Waals surface area contributed by atoms with E-state index in [4.69, 9.17) is 5.73 Å². The lowest BCUT2D eigenvalue weighted by molar-refractivity contribution is 0.604. The highest BCUT2D eigenvalue weighted by Gasteiger charge is 2.24. The van der Waals surface area contributed by atoms with Gasteiger partial charge in [0.2, 0.25) is 0 Å². The third-order valence-electron chi connectivity index (χ3n) is 4.02. The summed E-state index contributed by atoms with van der Waals surface area (Å²) in [5.74, 6) is 0.378. The molecule has 2 heterocycles. The summed E-state index contributed by atoms with van der Waals surface area (Å²) in [6, 6.07) is 17.8. The van der Waals surface area contributed by atoms with Crippen molar-refractivity contribution in [3.8, 4) is 22.3 Å². The van der Waals surface area contributed by atoms with Gasteiger partial charge in [0.1, 0.15) is 14.9 Å². The van der Waals surface area contributed by atoms with E-state index in [1.165, 1.54) is 6.26 Å². The van der Waals surface area contributed by atoms with Crippen LogP contribution < -0.4 is 5.73 Å². The summed E-state index contributed by atoms with van der Waals surface area (Å²) >= 11 is 1.14. The van der Waals surface area contributed by atoms with Crippen molar-refractivity contribution >= 4 is 37.2 Å². The third kappa shape index (κ3) is 2.71. The first-order valence-corrected chi connectivity index (χ1v) is 10.3. The summed E-state index contributed by atoms with van der Waals surface area (Å²) in [6.07, 6.45) is 1.21. The normalized spacial score (nSPS) is 11.9. The van der Waals surface area contributed by atoms with E-state index in [0.717, 1.165) is 28.0 Å². The summed E-state index contributed by atoms with van der Waals surface area (Å²) in [5.41, 5.74) is 9.58. The largest absolute Gasteiger partial charge is 0.384 e. The zero-order chi connectivity index (χ0) is 17.6. The number of H-pyrrole nitrogens is 1. The van der Waals surface area contributed by atoms with Gasteiger partial charge in [-0.05, 0) is 16.7 Å². The van der Waals surface area contributed by atoms with Gasteiger partial charge in [-0.2, -0.15) is 5.10 Å². The first-order valence-electron chi connectivity index (χ1n) is 7.57. The molecule has 0 aliphatic heterocycles. The van der Waals surface area contributed by atoms with Gasteiger partial charge in [-0.1, -0.05) is 54.6 Å². The number of aromatic nitrogens is 2. The molecule has 3 N–H and O–H groups in total. The number of aromatic amines is 1. The van der Waals surface area contributed by atoms with Gasteiger partial charge in [-0.25, -0.2) is 8.42 Å². The Morgan fingerprint density at radius 2 is 1.56 bits per heavy atom. The molecule has 0 fully saturated rings. The second-order valence-electron chi connectivity index (χ2n) is 5.80. The number of hydrogen-bond donors (Lipinski definition) is 2.